The Hall–Kier alpha value is -3.02. The Balaban J connectivity index is 0.000000753. The number of pyridine rings is 3. The summed E-state index contributed by atoms with van der Waals surface area (Å²) in [5.41, 5.74) is 4.47. The number of hydrogen-bond acceptors (Lipinski definition) is 5. The highest BCUT2D eigenvalue weighted by Crippen LogP contribution is 2.22. The SMILES string of the molecule is CC.Cc1ccn2c(Nc3ccnc4cccnc34)nnc2c1. The number of fused-ring (bicyclic) bond motifs is 2. The summed E-state index contributed by atoms with van der Waals surface area (Å²) in [6.45, 7) is 6.03. The van der Waals surface area contributed by atoms with Gasteiger partial charge in [-0.2, -0.15) is 0 Å². The standard InChI is InChI=1S/C15H12N6.C2H6/c1-10-5-8-21-13(9-10)19-20-15(21)18-12-4-7-16-11-3-2-6-17-14(11)12;1-2/h2-9H,1H3,(H,16,18,20);1-2H3. The summed E-state index contributed by atoms with van der Waals surface area (Å²) in [7, 11) is 0. The first-order valence-corrected chi connectivity index (χ1v) is 7.59. The molecule has 0 radical (unpaired) electrons. The minimum atomic E-state index is 0.656. The van der Waals surface area contributed by atoms with Gasteiger partial charge in [0.1, 0.15) is 5.52 Å². The van der Waals surface area contributed by atoms with Crippen molar-refractivity contribution in [2.45, 2.75) is 20.8 Å². The maximum absolute atomic E-state index is 4.37. The third kappa shape index (κ3) is 2.83. The van der Waals surface area contributed by atoms with Crippen LogP contribution in [0.3, 0.4) is 0 Å². The zero-order valence-electron chi connectivity index (χ0n) is 13.4. The third-order valence-electron chi connectivity index (χ3n) is 3.31. The maximum Gasteiger partial charge on any atom is 0.233 e. The van der Waals surface area contributed by atoms with Gasteiger partial charge in [-0.25, -0.2) is 0 Å². The van der Waals surface area contributed by atoms with Gasteiger partial charge in [-0.05, 0) is 42.8 Å². The van der Waals surface area contributed by atoms with Crippen molar-refractivity contribution in [3.05, 3.63) is 54.5 Å². The average molecular weight is 306 g/mol. The van der Waals surface area contributed by atoms with Crippen LogP contribution in [0.25, 0.3) is 16.7 Å². The van der Waals surface area contributed by atoms with Crippen LogP contribution in [0.1, 0.15) is 19.4 Å². The average Bonchev–Trinajstić information content (AvgIpc) is 2.99. The van der Waals surface area contributed by atoms with E-state index >= 15 is 0 Å². The highest BCUT2D eigenvalue weighted by atomic mass is 15.3. The first-order chi connectivity index (χ1) is 11.3. The van der Waals surface area contributed by atoms with E-state index in [1.807, 2.05) is 61.7 Å². The molecule has 6 nitrogen and oxygen atoms in total. The number of nitrogens with zero attached hydrogens (tertiary/aromatic N) is 5. The number of hydrogen-bond donors (Lipinski definition) is 1. The van der Waals surface area contributed by atoms with E-state index in [0.717, 1.165) is 27.9 Å². The molecule has 0 saturated carbocycles. The van der Waals surface area contributed by atoms with Crippen molar-refractivity contribution in [1.29, 1.82) is 0 Å². The largest absolute Gasteiger partial charge is 0.322 e. The third-order valence-corrected chi connectivity index (χ3v) is 3.31. The van der Waals surface area contributed by atoms with Crippen LogP contribution in [-0.2, 0) is 0 Å². The number of nitrogens with one attached hydrogen (secondary N) is 1. The predicted octanol–water partition coefficient (Wildman–Crippen LogP) is 3.75. The number of rotatable bonds is 2. The van der Waals surface area contributed by atoms with Gasteiger partial charge in [0.05, 0.1) is 11.2 Å². The molecule has 4 rings (SSSR count). The summed E-state index contributed by atoms with van der Waals surface area (Å²) in [4.78, 5) is 8.67. The van der Waals surface area contributed by atoms with Gasteiger partial charge in [-0.15, -0.1) is 10.2 Å². The molecule has 1 N–H and O–H groups in total. The van der Waals surface area contributed by atoms with E-state index in [4.69, 9.17) is 0 Å². The van der Waals surface area contributed by atoms with Crippen molar-refractivity contribution >= 4 is 28.3 Å². The molecule has 4 aromatic heterocycles. The molecule has 0 aromatic carbocycles. The van der Waals surface area contributed by atoms with Crippen LogP contribution in [0.15, 0.2) is 48.9 Å². The summed E-state index contributed by atoms with van der Waals surface area (Å²) in [5.74, 6) is 0.656. The van der Waals surface area contributed by atoms with Crippen molar-refractivity contribution < 1.29 is 0 Å². The van der Waals surface area contributed by atoms with Crippen LogP contribution in [0, 0.1) is 6.92 Å². The van der Waals surface area contributed by atoms with Crippen LogP contribution < -0.4 is 5.32 Å². The van der Waals surface area contributed by atoms with Crippen molar-refractivity contribution in [3.8, 4) is 0 Å². The molecule has 0 amide bonds. The predicted molar refractivity (Wildman–Crippen MR) is 91.9 cm³/mol. The Morgan fingerprint density at radius 3 is 2.74 bits per heavy atom. The molecule has 0 saturated heterocycles. The summed E-state index contributed by atoms with van der Waals surface area (Å²) >= 11 is 0. The van der Waals surface area contributed by atoms with Crippen molar-refractivity contribution in [1.82, 2.24) is 24.6 Å². The van der Waals surface area contributed by atoms with Crippen molar-refractivity contribution in [2.24, 2.45) is 0 Å². The molecular weight excluding hydrogens is 288 g/mol. The minimum absolute atomic E-state index is 0.656. The second-order valence-corrected chi connectivity index (χ2v) is 4.81. The summed E-state index contributed by atoms with van der Waals surface area (Å²) in [5, 5.41) is 11.6. The van der Waals surface area contributed by atoms with E-state index in [1.54, 1.807) is 12.4 Å². The van der Waals surface area contributed by atoms with E-state index in [9.17, 15) is 0 Å². The Morgan fingerprint density at radius 2 is 1.87 bits per heavy atom. The highest BCUT2D eigenvalue weighted by molar-refractivity contribution is 5.88. The normalized spacial score (nSPS) is 10.4. The van der Waals surface area contributed by atoms with Gasteiger partial charge in [0.25, 0.3) is 0 Å². The smallest absolute Gasteiger partial charge is 0.233 e. The molecule has 0 fully saturated rings. The summed E-state index contributed by atoms with van der Waals surface area (Å²) in [6.07, 6.45) is 5.45. The fourth-order valence-electron chi connectivity index (χ4n) is 2.28. The fourth-order valence-corrected chi connectivity index (χ4v) is 2.28. The second-order valence-electron chi connectivity index (χ2n) is 4.81. The molecule has 4 heterocycles. The molecular formula is C17H18N6. The van der Waals surface area contributed by atoms with Crippen molar-refractivity contribution in [3.63, 3.8) is 0 Å². The van der Waals surface area contributed by atoms with Gasteiger partial charge in [0, 0.05) is 18.6 Å². The zero-order valence-corrected chi connectivity index (χ0v) is 13.4. The molecule has 0 unspecified atom stereocenters. The van der Waals surface area contributed by atoms with E-state index in [1.165, 1.54) is 0 Å². The molecule has 0 atom stereocenters. The van der Waals surface area contributed by atoms with Crippen molar-refractivity contribution in [2.75, 3.05) is 5.32 Å². The second kappa shape index (κ2) is 6.39. The van der Waals surface area contributed by atoms with Gasteiger partial charge >= 0.3 is 0 Å². The first kappa shape index (κ1) is 14.9. The van der Waals surface area contributed by atoms with Gasteiger partial charge in [0.2, 0.25) is 5.95 Å². The van der Waals surface area contributed by atoms with E-state index in [-0.39, 0.29) is 0 Å². The molecule has 0 spiro atoms. The zero-order chi connectivity index (χ0) is 16.2. The molecule has 6 heteroatoms. The minimum Gasteiger partial charge on any atom is -0.322 e. The Bertz CT molecular complexity index is 939. The van der Waals surface area contributed by atoms with Crippen LogP contribution in [0.2, 0.25) is 0 Å². The highest BCUT2D eigenvalue weighted by Gasteiger charge is 2.08. The van der Waals surface area contributed by atoms with E-state index in [2.05, 4.69) is 25.5 Å². The summed E-state index contributed by atoms with van der Waals surface area (Å²) in [6, 6.07) is 9.68. The van der Waals surface area contributed by atoms with E-state index < -0.39 is 0 Å². The van der Waals surface area contributed by atoms with Crippen LogP contribution in [0.4, 0.5) is 11.6 Å². The number of anilines is 2. The lowest BCUT2D eigenvalue weighted by Gasteiger charge is -2.06. The van der Waals surface area contributed by atoms with Gasteiger partial charge in [-0.1, -0.05) is 13.8 Å². The summed E-state index contributed by atoms with van der Waals surface area (Å²) < 4.78 is 1.90. The maximum atomic E-state index is 4.37. The van der Waals surface area contributed by atoms with Gasteiger partial charge in [0.15, 0.2) is 5.65 Å². The van der Waals surface area contributed by atoms with Crippen LogP contribution in [-0.4, -0.2) is 24.6 Å². The molecule has 116 valence electrons. The molecule has 0 aliphatic heterocycles. The fraction of sp³-hybridized carbons (Fsp3) is 0.176. The lowest BCUT2D eigenvalue weighted by atomic mass is 10.3. The van der Waals surface area contributed by atoms with Crippen LogP contribution in [0.5, 0.6) is 0 Å². The Kier molecular flexibility index (Phi) is 4.14. The van der Waals surface area contributed by atoms with Gasteiger partial charge < -0.3 is 5.32 Å². The van der Waals surface area contributed by atoms with Crippen LogP contribution >= 0.6 is 0 Å². The Morgan fingerprint density at radius 1 is 1.00 bits per heavy atom. The number of aromatic nitrogens is 5. The lowest BCUT2D eigenvalue weighted by molar-refractivity contribution is 1.11. The molecule has 0 bridgehead atoms. The quantitative estimate of drug-likeness (QED) is 0.611. The lowest BCUT2D eigenvalue weighted by Crippen LogP contribution is -1.98. The first-order valence-electron chi connectivity index (χ1n) is 7.59. The van der Waals surface area contributed by atoms with Gasteiger partial charge in [-0.3, -0.25) is 14.4 Å². The monoisotopic (exact) mass is 306 g/mol. The molecule has 0 aliphatic carbocycles. The molecule has 4 aromatic rings. The molecule has 0 aliphatic rings. The topological polar surface area (TPSA) is 68.0 Å². The number of aryl methyl sites for hydroxylation is 1. The Labute approximate surface area is 134 Å². The molecule has 23 heavy (non-hydrogen) atoms. The van der Waals surface area contributed by atoms with E-state index in [0.29, 0.717) is 5.95 Å².